The van der Waals surface area contributed by atoms with Crippen LogP contribution in [-0.4, -0.2) is 25.5 Å². The maximum atomic E-state index is 4.74. The first-order valence-corrected chi connectivity index (χ1v) is 12.2. The number of rotatable bonds is 6. The lowest BCUT2D eigenvalue weighted by atomic mass is 9.78. The first-order valence-electron chi connectivity index (χ1n) is 12.2. The van der Waals surface area contributed by atoms with Gasteiger partial charge in [0.15, 0.2) is 0 Å². The van der Waals surface area contributed by atoms with Crippen molar-refractivity contribution in [2.45, 2.75) is 89.5 Å². The summed E-state index contributed by atoms with van der Waals surface area (Å²) in [5.41, 5.74) is 12.5. The second-order valence-electron chi connectivity index (χ2n) is 11.0. The Morgan fingerprint density at radius 1 is 0.667 bits per heavy atom. The van der Waals surface area contributed by atoms with Crippen LogP contribution in [0, 0.1) is 10.8 Å². The fraction of sp³-hybridized carbons (Fsp3) is 0.548. The molecule has 1 rings (SSSR count). The molecule has 0 amide bonds. The monoisotopic (exact) mass is 448 g/mol. The molecule has 1 aliphatic carbocycles. The van der Waals surface area contributed by atoms with Crippen molar-refractivity contribution in [3.63, 3.8) is 0 Å². The molecule has 0 bridgehead atoms. The van der Waals surface area contributed by atoms with Crippen LogP contribution >= 0.6 is 0 Å². The zero-order chi connectivity index (χ0) is 25.7. The number of nitrogens with zero attached hydrogens (tertiary/aromatic N) is 2. The van der Waals surface area contributed by atoms with Gasteiger partial charge in [-0.25, -0.2) is 0 Å². The molecule has 0 aromatic rings. The molecule has 182 valence electrons. The van der Waals surface area contributed by atoms with Crippen LogP contribution in [0.1, 0.15) is 89.5 Å². The van der Waals surface area contributed by atoms with Crippen LogP contribution in [0.2, 0.25) is 0 Å². The van der Waals surface area contributed by atoms with Gasteiger partial charge in [0, 0.05) is 25.2 Å². The van der Waals surface area contributed by atoms with Crippen molar-refractivity contribution in [2.24, 2.45) is 20.8 Å². The highest BCUT2D eigenvalue weighted by Crippen LogP contribution is 2.35. The largest absolute Gasteiger partial charge is 0.286 e. The quantitative estimate of drug-likeness (QED) is 0.286. The van der Waals surface area contributed by atoms with Gasteiger partial charge in [0.1, 0.15) is 0 Å². The first kappa shape index (κ1) is 28.8. The van der Waals surface area contributed by atoms with E-state index in [1.807, 2.05) is 14.1 Å². The fourth-order valence-electron chi connectivity index (χ4n) is 3.79. The molecule has 0 saturated carbocycles. The molecular weight excluding hydrogens is 400 g/mol. The lowest BCUT2D eigenvalue weighted by molar-refractivity contribution is 0.429. The van der Waals surface area contributed by atoms with Gasteiger partial charge in [-0.05, 0) is 81.1 Å². The summed E-state index contributed by atoms with van der Waals surface area (Å²) in [7, 11) is 3.76. The van der Waals surface area contributed by atoms with E-state index < -0.39 is 0 Å². The molecule has 1 aliphatic rings. The van der Waals surface area contributed by atoms with Crippen molar-refractivity contribution < 1.29 is 0 Å². The number of aliphatic imine (C=N–C) groups is 2. The summed E-state index contributed by atoms with van der Waals surface area (Å²) in [5, 5.41) is 0. The summed E-state index contributed by atoms with van der Waals surface area (Å²) in [6, 6.07) is 0. The van der Waals surface area contributed by atoms with Gasteiger partial charge < -0.3 is 0 Å². The molecule has 0 heterocycles. The van der Waals surface area contributed by atoms with Crippen LogP contribution in [0.3, 0.4) is 0 Å². The van der Waals surface area contributed by atoms with Crippen LogP contribution in [0.15, 0.2) is 78.9 Å². The first-order chi connectivity index (χ1) is 15.1. The molecule has 2 heteroatoms. The highest BCUT2D eigenvalue weighted by molar-refractivity contribution is 6.56. The molecule has 0 aromatic carbocycles. The van der Waals surface area contributed by atoms with Gasteiger partial charge in [-0.15, -0.1) is 0 Å². The lowest BCUT2D eigenvalue weighted by Gasteiger charge is -2.27. The van der Waals surface area contributed by atoms with Crippen LogP contribution in [0.4, 0.5) is 0 Å². The van der Waals surface area contributed by atoms with Crippen molar-refractivity contribution in [3.8, 4) is 0 Å². The van der Waals surface area contributed by atoms with Gasteiger partial charge in [-0.2, -0.15) is 0 Å². The van der Waals surface area contributed by atoms with Crippen molar-refractivity contribution >= 4 is 11.4 Å². The highest BCUT2D eigenvalue weighted by Gasteiger charge is 2.28. The van der Waals surface area contributed by atoms with Gasteiger partial charge in [-0.1, -0.05) is 77.0 Å². The average molecular weight is 449 g/mol. The van der Waals surface area contributed by atoms with Crippen molar-refractivity contribution in [1.82, 2.24) is 0 Å². The van der Waals surface area contributed by atoms with Crippen LogP contribution in [0.25, 0.3) is 0 Å². The van der Waals surface area contributed by atoms with E-state index in [0.717, 1.165) is 17.8 Å². The third-order valence-electron chi connectivity index (χ3n) is 7.55. The standard InChI is InChI=1S/C31H48N2/c1-15-31(11,12)23(5)19-17-21(3)27-25(7)24(6)26(28(32-13)29(27)33-14)20(2)16-18-22(4)30(8,9)10/h16-19H,15H2,1-14H3/b20-16+,21-17+,22-18+,23-19+,32-28?,33-29?. The maximum absolute atomic E-state index is 4.74. The molecular formula is C31H48N2. The fourth-order valence-corrected chi connectivity index (χ4v) is 3.79. The number of hydrogen-bond acceptors (Lipinski definition) is 2. The number of allylic oxidation sites excluding steroid dienone is 12. The van der Waals surface area contributed by atoms with Crippen molar-refractivity contribution in [3.05, 3.63) is 68.9 Å². The molecule has 0 fully saturated rings. The van der Waals surface area contributed by atoms with Crippen LogP contribution < -0.4 is 0 Å². The summed E-state index contributed by atoms with van der Waals surface area (Å²) in [6.07, 6.45) is 10.1. The summed E-state index contributed by atoms with van der Waals surface area (Å²) in [6.45, 7) is 26.8. The SMILES string of the molecule is CCC(C)(C)/C(C)=C/C=C(\C)C1=C(C)C(C)=C(/C(C)=C/C=C(\C)C(C)(C)C)C(=NC)C1=NC. The predicted octanol–water partition coefficient (Wildman–Crippen LogP) is 9.04. The minimum Gasteiger partial charge on any atom is -0.286 e. The van der Waals surface area contributed by atoms with E-state index >= 15 is 0 Å². The Labute approximate surface area is 204 Å². The van der Waals surface area contributed by atoms with E-state index in [1.54, 1.807) is 0 Å². The van der Waals surface area contributed by atoms with E-state index in [2.05, 4.69) is 107 Å². The smallest absolute Gasteiger partial charge is 0.0906 e. The molecule has 0 unspecified atom stereocenters. The van der Waals surface area contributed by atoms with Gasteiger partial charge in [0.05, 0.1) is 11.4 Å². The maximum Gasteiger partial charge on any atom is 0.0906 e. The normalized spacial score (nSPS) is 20.5. The molecule has 2 nitrogen and oxygen atoms in total. The minimum atomic E-state index is 0.160. The second kappa shape index (κ2) is 11.3. The van der Waals surface area contributed by atoms with Gasteiger partial charge in [0.25, 0.3) is 0 Å². The van der Waals surface area contributed by atoms with E-state index in [0.29, 0.717) is 0 Å². The summed E-state index contributed by atoms with van der Waals surface area (Å²) < 4.78 is 0. The van der Waals surface area contributed by atoms with E-state index in [4.69, 9.17) is 9.98 Å². The molecule has 0 aliphatic heterocycles. The minimum absolute atomic E-state index is 0.160. The molecule has 0 aromatic heterocycles. The molecule has 0 atom stereocenters. The molecule has 0 radical (unpaired) electrons. The number of hydrogen-bond donors (Lipinski definition) is 0. The van der Waals surface area contributed by atoms with Gasteiger partial charge in [0.2, 0.25) is 0 Å². The summed E-state index contributed by atoms with van der Waals surface area (Å²) in [5.74, 6) is 0. The van der Waals surface area contributed by atoms with E-state index in [1.165, 1.54) is 44.6 Å². The predicted molar refractivity (Wildman–Crippen MR) is 151 cm³/mol. The molecule has 0 N–H and O–H groups in total. The Bertz CT molecular complexity index is 1000. The Morgan fingerprint density at radius 2 is 1.03 bits per heavy atom. The van der Waals surface area contributed by atoms with Gasteiger partial charge in [-0.3, -0.25) is 9.98 Å². The van der Waals surface area contributed by atoms with E-state index in [9.17, 15) is 0 Å². The third-order valence-corrected chi connectivity index (χ3v) is 7.55. The molecule has 0 saturated heterocycles. The second-order valence-corrected chi connectivity index (χ2v) is 11.0. The van der Waals surface area contributed by atoms with Crippen molar-refractivity contribution in [2.75, 3.05) is 14.1 Å². The van der Waals surface area contributed by atoms with Crippen LogP contribution in [-0.2, 0) is 0 Å². The molecule has 0 spiro atoms. The summed E-state index contributed by atoms with van der Waals surface area (Å²) >= 11 is 0. The van der Waals surface area contributed by atoms with E-state index in [-0.39, 0.29) is 10.8 Å². The Morgan fingerprint density at radius 3 is 1.33 bits per heavy atom. The zero-order valence-electron chi connectivity index (χ0n) is 23.9. The summed E-state index contributed by atoms with van der Waals surface area (Å²) in [4.78, 5) is 9.47. The Kier molecular flexibility index (Phi) is 9.84. The van der Waals surface area contributed by atoms with Crippen molar-refractivity contribution in [1.29, 1.82) is 0 Å². The lowest BCUT2D eigenvalue weighted by Crippen LogP contribution is -2.27. The highest BCUT2D eigenvalue weighted by atomic mass is 14.8. The zero-order valence-corrected chi connectivity index (χ0v) is 23.9. The Balaban J connectivity index is 3.72. The van der Waals surface area contributed by atoms with Gasteiger partial charge >= 0.3 is 0 Å². The Hall–Kier alpha value is -2.22. The average Bonchev–Trinajstić information content (AvgIpc) is 2.75. The molecule has 33 heavy (non-hydrogen) atoms. The van der Waals surface area contributed by atoms with Crippen LogP contribution in [0.5, 0.6) is 0 Å². The third kappa shape index (κ3) is 6.65. The topological polar surface area (TPSA) is 24.7 Å².